The zero-order valence-corrected chi connectivity index (χ0v) is 24.5. The molecule has 5 aliphatic rings. The molecule has 1 aliphatic carbocycles. The van der Waals surface area contributed by atoms with Crippen LogP contribution in [0.2, 0.25) is 0 Å². The number of phenolic OH excluding ortho intramolecular Hbond substituents is 1. The first-order chi connectivity index (χ1) is 20.3. The van der Waals surface area contributed by atoms with Crippen molar-refractivity contribution in [2.45, 2.75) is 55.9 Å². The van der Waals surface area contributed by atoms with Gasteiger partial charge in [0.25, 0.3) is 0 Å². The number of fused-ring (bicyclic) bond motifs is 4. The minimum absolute atomic E-state index is 0. The number of esters is 1. The molecule has 4 heterocycles. The molecule has 0 saturated carbocycles. The monoisotopic (exact) mass is 622 g/mol. The van der Waals surface area contributed by atoms with Crippen LogP contribution in [-0.2, 0) is 28.5 Å². The first-order valence-electron chi connectivity index (χ1n) is 13.8. The Bertz CT molecular complexity index is 1360. The number of hydrogen-bond donors (Lipinski definition) is 5. The minimum atomic E-state index is -1.44. The van der Waals surface area contributed by atoms with Gasteiger partial charge in [0.05, 0.1) is 39.5 Å². The highest BCUT2D eigenvalue weighted by Gasteiger charge is 2.56. The third-order valence-electron chi connectivity index (χ3n) is 8.75. The molecule has 3 fully saturated rings. The van der Waals surface area contributed by atoms with Crippen LogP contribution in [0.5, 0.6) is 28.7 Å². The topological polar surface area (TPSA) is 231 Å². The molecule has 15 nitrogen and oxygen atoms in total. The number of phenols is 1. The molecule has 0 spiro atoms. The van der Waals surface area contributed by atoms with Gasteiger partial charge in [-0.15, -0.1) is 0 Å². The van der Waals surface area contributed by atoms with E-state index in [2.05, 4.69) is 0 Å². The Morgan fingerprint density at radius 3 is 2.18 bits per heavy atom. The van der Waals surface area contributed by atoms with Gasteiger partial charge < -0.3 is 70.3 Å². The van der Waals surface area contributed by atoms with Crippen LogP contribution in [0.25, 0.3) is 0 Å². The molecule has 0 bridgehead atoms. The molecule has 44 heavy (non-hydrogen) atoms. The van der Waals surface area contributed by atoms with Gasteiger partial charge in [0.1, 0.15) is 24.4 Å². The number of aliphatic hydroxyl groups is 2. The van der Waals surface area contributed by atoms with Crippen molar-refractivity contribution >= 4 is 5.97 Å². The lowest BCUT2D eigenvalue weighted by atomic mass is 9.66. The minimum Gasteiger partial charge on any atom is -0.502 e. The Morgan fingerprint density at radius 2 is 1.52 bits per heavy atom. The van der Waals surface area contributed by atoms with Crippen molar-refractivity contribution < 1.29 is 62.7 Å². The SMILES string of the molecule is COc1cc([C@@H]2c3cc4c(cc3C(O[C@@H]3O[C@@H]5CO[C@@H](C)O[C@H]5[C@H](O)[C@H]3O)C3COC(=O)[C@@H]32)OCO4)cc(OC)c1O.N.N. The van der Waals surface area contributed by atoms with E-state index in [4.69, 9.17) is 42.6 Å². The molecule has 242 valence electrons. The first kappa shape index (κ1) is 32.0. The molecule has 2 aromatic rings. The molecule has 2 unspecified atom stereocenters. The molecule has 7 rings (SSSR count). The summed E-state index contributed by atoms with van der Waals surface area (Å²) in [7, 11) is 2.86. The molecule has 2 aromatic carbocycles. The molecule has 3 saturated heterocycles. The van der Waals surface area contributed by atoms with Crippen molar-refractivity contribution in [1.82, 2.24) is 12.3 Å². The molecule has 4 aliphatic heterocycles. The standard InChI is InChI=1S/C29H32O13.2H3N/c1-11-36-9-20-27(40-11)24(31)25(32)29(41-20)42-26-14-7-17-16(38-10-39-17)6-13(14)21(22-15(26)8-37-28(22)33)12-4-18(34-2)23(30)19(5-12)35-3;;/h4-7,11,15,20-22,24-27,29-32H,8-10H2,1-3H3;2*1H3/t11-,15?,20-,21-,22+,24-,25-,26?,27-,29+;;/m1../s1. The van der Waals surface area contributed by atoms with Crippen LogP contribution in [-0.4, -0.2) is 92.5 Å². The summed E-state index contributed by atoms with van der Waals surface area (Å²) < 4.78 is 51.5. The van der Waals surface area contributed by atoms with Crippen LogP contribution >= 0.6 is 0 Å². The summed E-state index contributed by atoms with van der Waals surface area (Å²) in [6.45, 7) is 1.93. The van der Waals surface area contributed by atoms with E-state index in [1.165, 1.54) is 14.2 Å². The van der Waals surface area contributed by atoms with E-state index in [9.17, 15) is 20.1 Å². The van der Waals surface area contributed by atoms with Crippen molar-refractivity contribution in [3.8, 4) is 28.7 Å². The fourth-order valence-electron chi connectivity index (χ4n) is 6.74. The number of cyclic esters (lactones) is 1. The molecule has 0 radical (unpaired) electrons. The normalized spacial score (nSPS) is 34.8. The van der Waals surface area contributed by atoms with E-state index >= 15 is 0 Å². The second-order valence-corrected chi connectivity index (χ2v) is 11.0. The summed E-state index contributed by atoms with van der Waals surface area (Å²) in [6.07, 6.45) is -6.80. The van der Waals surface area contributed by atoms with Gasteiger partial charge in [-0.2, -0.15) is 0 Å². The number of aliphatic hydroxyl groups excluding tert-OH is 2. The largest absolute Gasteiger partial charge is 0.502 e. The maximum atomic E-state index is 13.4. The molecule has 9 N–H and O–H groups in total. The average Bonchev–Trinajstić information content (AvgIpc) is 3.61. The van der Waals surface area contributed by atoms with Gasteiger partial charge in [-0.3, -0.25) is 4.79 Å². The van der Waals surface area contributed by atoms with Crippen LogP contribution in [0.4, 0.5) is 0 Å². The van der Waals surface area contributed by atoms with Crippen molar-refractivity contribution in [3.05, 3.63) is 41.0 Å². The number of rotatable bonds is 5. The summed E-state index contributed by atoms with van der Waals surface area (Å²) in [4.78, 5) is 13.4. The lowest BCUT2D eigenvalue weighted by molar-refractivity contribution is -0.364. The Morgan fingerprint density at radius 1 is 0.864 bits per heavy atom. The second kappa shape index (κ2) is 12.2. The molecular weight excluding hydrogens is 584 g/mol. The number of ether oxygens (including phenoxy) is 9. The Balaban J connectivity index is 0.00000192. The van der Waals surface area contributed by atoms with E-state index in [1.807, 2.05) is 0 Å². The number of hydrogen-bond acceptors (Lipinski definition) is 15. The van der Waals surface area contributed by atoms with Gasteiger partial charge in [0.15, 0.2) is 35.6 Å². The van der Waals surface area contributed by atoms with E-state index < -0.39 is 66.8 Å². The maximum Gasteiger partial charge on any atom is 0.310 e. The number of aromatic hydroxyl groups is 1. The number of benzene rings is 2. The van der Waals surface area contributed by atoms with Gasteiger partial charge >= 0.3 is 5.97 Å². The number of methoxy groups -OCH3 is 2. The molecular formula is C29H38N2O13. The molecule has 15 heteroatoms. The fraction of sp³-hybridized carbons (Fsp3) is 0.552. The van der Waals surface area contributed by atoms with Gasteiger partial charge in [-0.25, -0.2) is 0 Å². The van der Waals surface area contributed by atoms with Crippen molar-refractivity contribution in [2.75, 3.05) is 34.2 Å². The van der Waals surface area contributed by atoms with Gasteiger partial charge in [-0.1, -0.05) is 0 Å². The van der Waals surface area contributed by atoms with Crippen molar-refractivity contribution in [3.63, 3.8) is 0 Å². The van der Waals surface area contributed by atoms with Gasteiger partial charge in [-0.05, 0) is 47.9 Å². The zero-order valence-electron chi connectivity index (χ0n) is 24.5. The average molecular weight is 623 g/mol. The van der Waals surface area contributed by atoms with Crippen LogP contribution in [0, 0.1) is 11.8 Å². The third-order valence-corrected chi connectivity index (χ3v) is 8.75. The van der Waals surface area contributed by atoms with E-state index in [-0.39, 0.29) is 49.6 Å². The predicted molar refractivity (Wildman–Crippen MR) is 148 cm³/mol. The maximum absolute atomic E-state index is 13.4. The zero-order chi connectivity index (χ0) is 29.3. The van der Waals surface area contributed by atoms with Crippen molar-refractivity contribution in [2.24, 2.45) is 11.8 Å². The molecule has 0 aromatic heterocycles. The Labute approximate surface area is 253 Å². The summed E-state index contributed by atoms with van der Waals surface area (Å²) >= 11 is 0. The summed E-state index contributed by atoms with van der Waals surface area (Å²) in [6, 6.07) is 6.93. The first-order valence-corrected chi connectivity index (χ1v) is 13.8. The summed E-state index contributed by atoms with van der Waals surface area (Å²) in [5.41, 5.74) is 2.01. The van der Waals surface area contributed by atoms with E-state index in [0.717, 1.165) is 0 Å². The van der Waals surface area contributed by atoms with Crippen LogP contribution in [0.1, 0.15) is 35.6 Å². The molecule has 0 amide bonds. The fourth-order valence-corrected chi connectivity index (χ4v) is 6.74. The quantitative estimate of drug-likeness (QED) is 0.299. The Hall–Kier alpha value is -3.41. The Kier molecular flexibility index (Phi) is 8.85. The highest BCUT2D eigenvalue weighted by Crippen LogP contribution is 2.57. The highest BCUT2D eigenvalue weighted by atomic mass is 16.8. The van der Waals surface area contributed by atoms with Crippen LogP contribution in [0.3, 0.4) is 0 Å². The van der Waals surface area contributed by atoms with E-state index in [0.29, 0.717) is 28.2 Å². The summed E-state index contributed by atoms with van der Waals surface area (Å²) in [5.74, 6) is -1.02. The third kappa shape index (κ3) is 4.98. The second-order valence-electron chi connectivity index (χ2n) is 11.0. The lowest BCUT2D eigenvalue weighted by Crippen LogP contribution is -2.63. The number of carbonyl (C=O) groups excluding carboxylic acids is 1. The van der Waals surface area contributed by atoms with Gasteiger partial charge in [0.2, 0.25) is 12.5 Å². The van der Waals surface area contributed by atoms with Gasteiger partial charge in [0, 0.05) is 11.8 Å². The van der Waals surface area contributed by atoms with E-state index in [1.54, 1.807) is 31.2 Å². The molecule has 10 atom stereocenters. The highest BCUT2D eigenvalue weighted by molar-refractivity contribution is 5.79. The summed E-state index contributed by atoms with van der Waals surface area (Å²) in [5, 5.41) is 32.5. The van der Waals surface area contributed by atoms with Crippen LogP contribution in [0.15, 0.2) is 24.3 Å². The smallest absolute Gasteiger partial charge is 0.310 e. The number of carbonyl (C=O) groups is 1. The van der Waals surface area contributed by atoms with Crippen molar-refractivity contribution in [1.29, 1.82) is 0 Å². The predicted octanol–water partition coefficient (Wildman–Crippen LogP) is 1.66. The van der Waals surface area contributed by atoms with Crippen LogP contribution < -0.4 is 31.2 Å². The lowest BCUT2D eigenvalue weighted by Gasteiger charge is -2.47.